The lowest BCUT2D eigenvalue weighted by Gasteiger charge is -2.11. The van der Waals surface area contributed by atoms with Crippen LogP contribution in [0.3, 0.4) is 0 Å². The number of rotatable bonds is 10. The minimum absolute atomic E-state index is 0.161. The highest BCUT2D eigenvalue weighted by molar-refractivity contribution is 5.92. The van der Waals surface area contributed by atoms with E-state index in [4.69, 9.17) is 18.9 Å². The number of amides is 1. The van der Waals surface area contributed by atoms with Crippen molar-refractivity contribution >= 4 is 18.1 Å². The van der Waals surface area contributed by atoms with Gasteiger partial charge in [0.1, 0.15) is 11.5 Å². The zero-order chi connectivity index (χ0) is 24.3. The number of hydrazone groups is 1. The van der Waals surface area contributed by atoms with E-state index in [0.717, 1.165) is 5.56 Å². The maximum atomic E-state index is 12.5. The third-order valence-electron chi connectivity index (χ3n) is 4.56. The summed E-state index contributed by atoms with van der Waals surface area (Å²) in [5, 5.41) is 3.95. The van der Waals surface area contributed by atoms with Gasteiger partial charge in [-0.25, -0.2) is 10.2 Å². The van der Waals surface area contributed by atoms with Crippen LogP contribution in [0.2, 0.25) is 0 Å². The number of nitrogens with one attached hydrogen (secondary N) is 1. The van der Waals surface area contributed by atoms with E-state index >= 15 is 0 Å². The Labute approximate surface area is 198 Å². The van der Waals surface area contributed by atoms with Crippen molar-refractivity contribution in [2.75, 3.05) is 20.3 Å². The molecular formula is C26H26N2O6. The first-order valence-corrected chi connectivity index (χ1v) is 10.6. The number of esters is 1. The lowest BCUT2D eigenvalue weighted by molar-refractivity contribution is -0.123. The Morgan fingerprint density at radius 3 is 2.44 bits per heavy atom. The van der Waals surface area contributed by atoms with Gasteiger partial charge < -0.3 is 18.9 Å². The highest BCUT2D eigenvalue weighted by atomic mass is 16.6. The van der Waals surface area contributed by atoms with Crippen LogP contribution in [0.25, 0.3) is 0 Å². The summed E-state index contributed by atoms with van der Waals surface area (Å²) >= 11 is 0. The van der Waals surface area contributed by atoms with Gasteiger partial charge in [0, 0.05) is 0 Å². The Kier molecular flexibility index (Phi) is 8.62. The van der Waals surface area contributed by atoms with Crippen molar-refractivity contribution in [3.8, 4) is 23.0 Å². The topological polar surface area (TPSA) is 95.5 Å². The summed E-state index contributed by atoms with van der Waals surface area (Å²) in [6, 6.07) is 19.0. The van der Waals surface area contributed by atoms with E-state index < -0.39 is 11.9 Å². The molecule has 0 aromatic heterocycles. The van der Waals surface area contributed by atoms with Crippen molar-refractivity contribution in [3.05, 3.63) is 83.4 Å². The van der Waals surface area contributed by atoms with Gasteiger partial charge in [-0.05, 0) is 79.6 Å². The predicted octanol–water partition coefficient (Wildman–Crippen LogP) is 4.15. The number of nitrogens with zero attached hydrogens (tertiary/aromatic N) is 1. The minimum Gasteiger partial charge on any atom is -0.497 e. The van der Waals surface area contributed by atoms with E-state index in [9.17, 15) is 9.59 Å². The molecule has 0 heterocycles. The van der Waals surface area contributed by atoms with Crippen LogP contribution in [0.5, 0.6) is 23.0 Å². The van der Waals surface area contributed by atoms with Crippen molar-refractivity contribution in [1.29, 1.82) is 0 Å². The normalized spacial score (nSPS) is 10.6. The van der Waals surface area contributed by atoms with Crippen molar-refractivity contribution in [3.63, 3.8) is 0 Å². The Hall–Kier alpha value is -4.33. The maximum Gasteiger partial charge on any atom is 0.343 e. The van der Waals surface area contributed by atoms with Gasteiger partial charge in [-0.1, -0.05) is 12.1 Å². The minimum atomic E-state index is -0.522. The van der Waals surface area contributed by atoms with Crippen molar-refractivity contribution in [2.24, 2.45) is 5.10 Å². The van der Waals surface area contributed by atoms with Gasteiger partial charge in [0.2, 0.25) is 0 Å². The van der Waals surface area contributed by atoms with E-state index in [-0.39, 0.29) is 12.4 Å². The molecule has 0 aliphatic heterocycles. The van der Waals surface area contributed by atoms with E-state index in [1.165, 1.54) is 6.21 Å². The SMILES string of the molecule is CCOc1cc(/C=N/NC(=O)COc2cccc(C)c2)ccc1OC(=O)c1ccc(OC)cc1. The van der Waals surface area contributed by atoms with E-state index in [2.05, 4.69) is 10.5 Å². The van der Waals surface area contributed by atoms with Crippen LogP contribution in [0.15, 0.2) is 71.8 Å². The Balaban J connectivity index is 1.59. The molecule has 0 saturated heterocycles. The van der Waals surface area contributed by atoms with E-state index in [1.807, 2.05) is 32.0 Å². The van der Waals surface area contributed by atoms with Crippen LogP contribution in [-0.4, -0.2) is 38.4 Å². The number of hydrogen-bond acceptors (Lipinski definition) is 7. The number of carbonyl (C=O) groups excluding carboxylic acids is 2. The first kappa shape index (κ1) is 24.3. The smallest absolute Gasteiger partial charge is 0.343 e. The highest BCUT2D eigenvalue weighted by Gasteiger charge is 2.13. The summed E-state index contributed by atoms with van der Waals surface area (Å²) in [5.41, 5.74) is 4.48. The second-order valence-electron chi connectivity index (χ2n) is 7.16. The molecule has 3 aromatic rings. The monoisotopic (exact) mass is 462 g/mol. The van der Waals surface area contributed by atoms with Crippen molar-refractivity contribution < 1.29 is 28.5 Å². The molecule has 0 bridgehead atoms. The number of aryl methyl sites for hydroxylation is 1. The van der Waals surface area contributed by atoms with Crippen LogP contribution in [0, 0.1) is 6.92 Å². The molecule has 1 amide bonds. The molecule has 8 nitrogen and oxygen atoms in total. The molecule has 0 fully saturated rings. The van der Waals surface area contributed by atoms with Gasteiger partial charge in [-0.3, -0.25) is 4.79 Å². The second-order valence-corrected chi connectivity index (χ2v) is 7.16. The van der Waals surface area contributed by atoms with Crippen LogP contribution in [0.1, 0.15) is 28.4 Å². The first-order valence-electron chi connectivity index (χ1n) is 10.6. The van der Waals surface area contributed by atoms with Crippen LogP contribution < -0.4 is 24.4 Å². The molecule has 0 spiro atoms. The second kappa shape index (κ2) is 12.1. The largest absolute Gasteiger partial charge is 0.497 e. The molecule has 176 valence electrons. The quantitative estimate of drug-likeness (QED) is 0.211. The molecule has 0 unspecified atom stereocenters. The molecule has 3 aromatic carbocycles. The molecular weight excluding hydrogens is 436 g/mol. The predicted molar refractivity (Wildman–Crippen MR) is 128 cm³/mol. The van der Waals surface area contributed by atoms with E-state index in [1.54, 1.807) is 55.6 Å². The molecule has 3 rings (SSSR count). The standard InChI is InChI=1S/C26H26N2O6/c1-4-32-24-15-19(16-27-28-25(29)17-33-22-7-5-6-18(2)14-22)8-13-23(24)34-26(30)20-9-11-21(31-3)12-10-20/h5-16H,4,17H2,1-3H3,(H,28,29)/b27-16+. The zero-order valence-corrected chi connectivity index (χ0v) is 19.2. The average Bonchev–Trinajstić information content (AvgIpc) is 2.84. The van der Waals surface area contributed by atoms with Gasteiger partial charge >= 0.3 is 5.97 Å². The molecule has 1 N–H and O–H groups in total. The summed E-state index contributed by atoms with van der Waals surface area (Å²) in [4.78, 5) is 24.5. The Bertz CT molecular complexity index is 1160. The van der Waals surface area contributed by atoms with Gasteiger partial charge in [0.15, 0.2) is 18.1 Å². The Morgan fingerprint density at radius 2 is 1.74 bits per heavy atom. The maximum absolute atomic E-state index is 12.5. The number of methoxy groups -OCH3 is 1. The summed E-state index contributed by atoms with van der Waals surface area (Å²) in [5.74, 6) is 0.987. The van der Waals surface area contributed by atoms with Crippen LogP contribution in [-0.2, 0) is 4.79 Å². The third-order valence-corrected chi connectivity index (χ3v) is 4.56. The molecule has 0 aliphatic rings. The number of carbonyl (C=O) groups is 2. The fraction of sp³-hybridized carbons (Fsp3) is 0.192. The first-order chi connectivity index (χ1) is 16.5. The Morgan fingerprint density at radius 1 is 0.941 bits per heavy atom. The van der Waals surface area contributed by atoms with Gasteiger partial charge in [0.05, 0.1) is 25.5 Å². The number of ether oxygens (including phenoxy) is 4. The average molecular weight is 463 g/mol. The molecule has 0 atom stereocenters. The molecule has 8 heteroatoms. The highest BCUT2D eigenvalue weighted by Crippen LogP contribution is 2.29. The van der Waals surface area contributed by atoms with Crippen LogP contribution in [0.4, 0.5) is 0 Å². The number of hydrogen-bond donors (Lipinski definition) is 1. The number of benzene rings is 3. The third kappa shape index (κ3) is 7.09. The molecule has 0 aliphatic carbocycles. The fourth-order valence-electron chi connectivity index (χ4n) is 2.91. The summed E-state index contributed by atoms with van der Waals surface area (Å²) in [7, 11) is 1.55. The molecule has 0 saturated carbocycles. The van der Waals surface area contributed by atoms with Gasteiger partial charge in [-0.2, -0.15) is 5.10 Å². The van der Waals surface area contributed by atoms with Crippen LogP contribution >= 0.6 is 0 Å². The summed E-state index contributed by atoms with van der Waals surface area (Å²) in [6.07, 6.45) is 1.46. The molecule has 34 heavy (non-hydrogen) atoms. The van der Waals surface area contributed by atoms with Gasteiger partial charge in [0.25, 0.3) is 5.91 Å². The summed E-state index contributed by atoms with van der Waals surface area (Å²) in [6.45, 7) is 3.98. The van der Waals surface area contributed by atoms with E-state index in [0.29, 0.717) is 35.0 Å². The lowest BCUT2D eigenvalue weighted by atomic mass is 10.2. The fourth-order valence-corrected chi connectivity index (χ4v) is 2.91. The molecule has 0 radical (unpaired) electrons. The van der Waals surface area contributed by atoms with Crippen molar-refractivity contribution in [2.45, 2.75) is 13.8 Å². The lowest BCUT2D eigenvalue weighted by Crippen LogP contribution is -2.24. The van der Waals surface area contributed by atoms with Gasteiger partial charge in [-0.15, -0.1) is 0 Å². The summed E-state index contributed by atoms with van der Waals surface area (Å²) < 4.78 is 21.7. The van der Waals surface area contributed by atoms with Crippen molar-refractivity contribution in [1.82, 2.24) is 5.43 Å². The zero-order valence-electron chi connectivity index (χ0n) is 19.2.